The van der Waals surface area contributed by atoms with Crippen molar-refractivity contribution in [1.29, 1.82) is 0 Å². The topological polar surface area (TPSA) is 99.8 Å². The molecule has 3 N–H and O–H groups in total. The van der Waals surface area contributed by atoms with Crippen LogP contribution in [-0.2, 0) is 9.53 Å². The second-order valence-corrected chi connectivity index (χ2v) is 8.29. The van der Waals surface area contributed by atoms with E-state index in [1.165, 1.54) is 0 Å². The van der Waals surface area contributed by atoms with Crippen molar-refractivity contribution in [3.63, 3.8) is 0 Å². The molecule has 1 atom stereocenters. The summed E-state index contributed by atoms with van der Waals surface area (Å²) >= 11 is 3.40. The molecule has 2 aromatic rings. The maximum absolute atomic E-state index is 12.8. The number of halogens is 1. The first kappa shape index (κ1) is 24.3. The minimum absolute atomic E-state index is 0.223. The highest BCUT2D eigenvalue weighted by Crippen LogP contribution is 2.32. The fraction of sp³-hybridized carbons (Fsp3) is 0.292. The number of hydrogen-bond donors (Lipinski definition) is 3. The van der Waals surface area contributed by atoms with Gasteiger partial charge in [-0.05, 0) is 66.0 Å². The maximum atomic E-state index is 12.8. The van der Waals surface area contributed by atoms with E-state index in [2.05, 4.69) is 31.9 Å². The highest BCUT2D eigenvalue weighted by molar-refractivity contribution is 9.10. The number of carbonyl (C=O) groups excluding carboxylic acids is 3. The number of urea groups is 2. The summed E-state index contributed by atoms with van der Waals surface area (Å²) in [5.41, 5.74) is 2.74. The molecule has 33 heavy (non-hydrogen) atoms. The zero-order valence-corrected chi connectivity index (χ0v) is 20.4. The summed E-state index contributed by atoms with van der Waals surface area (Å²) < 4.78 is 6.04. The largest absolute Gasteiger partial charge is 0.463 e. The van der Waals surface area contributed by atoms with Crippen molar-refractivity contribution in [2.75, 3.05) is 23.8 Å². The van der Waals surface area contributed by atoms with Crippen molar-refractivity contribution in [3.8, 4) is 0 Å². The van der Waals surface area contributed by atoms with E-state index in [1.54, 1.807) is 49.1 Å². The van der Waals surface area contributed by atoms with Crippen LogP contribution in [0.4, 0.5) is 21.0 Å². The summed E-state index contributed by atoms with van der Waals surface area (Å²) in [6, 6.07) is 12.9. The van der Waals surface area contributed by atoms with Crippen molar-refractivity contribution in [3.05, 3.63) is 69.8 Å². The summed E-state index contributed by atoms with van der Waals surface area (Å²) in [4.78, 5) is 39.6. The molecule has 0 saturated heterocycles. The number of carbonyl (C=O) groups is 3. The average Bonchev–Trinajstić information content (AvgIpc) is 2.78. The third-order valence-corrected chi connectivity index (χ3v) is 5.83. The molecule has 4 amide bonds. The van der Waals surface area contributed by atoms with E-state index in [0.717, 1.165) is 10.9 Å². The van der Waals surface area contributed by atoms with Crippen LogP contribution in [0.3, 0.4) is 0 Å². The Morgan fingerprint density at radius 2 is 1.88 bits per heavy atom. The van der Waals surface area contributed by atoms with Crippen LogP contribution >= 0.6 is 15.9 Å². The lowest BCUT2D eigenvalue weighted by Gasteiger charge is -2.35. The third-order valence-electron chi connectivity index (χ3n) is 5.14. The number of benzene rings is 2. The molecular formula is C24H27BrN4O4. The monoisotopic (exact) mass is 514 g/mol. The highest BCUT2D eigenvalue weighted by Gasteiger charge is 2.36. The molecule has 1 aliphatic heterocycles. The SMILES string of the molecule is CCCN1C(=O)NC(c2cccc(NC(=O)Nc3ccccc3Br)c2)C(C(=O)OCC)=C1C. The van der Waals surface area contributed by atoms with Crippen LogP contribution in [0.25, 0.3) is 0 Å². The van der Waals surface area contributed by atoms with Gasteiger partial charge in [0.15, 0.2) is 0 Å². The lowest BCUT2D eigenvalue weighted by atomic mass is 9.94. The summed E-state index contributed by atoms with van der Waals surface area (Å²) in [5.74, 6) is -0.480. The number of amides is 4. The van der Waals surface area contributed by atoms with Gasteiger partial charge in [-0.2, -0.15) is 0 Å². The van der Waals surface area contributed by atoms with Crippen LogP contribution < -0.4 is 16.0 Å². The Morgan fingerprint density at radius 1 is 1.12 bits per heavy atom. The number of nitrogens with one attached hydrogen (secondary N) is 3. The summed E-state index contributed by atoms with van der Waals surface area (Å²) in [6.07, 6.45) is 0.748. The Kier molecular flexibility index (Phi) is 8.11. The Morgan fingerprint density at radius 3 is 2.58 bits per heavy atom. The number of anilines is 2. The number of esters is 1. The molecule has 0 spiro atoms. The van der Waals surface area contributed by atoms with Gasteiger partial charge in [-0.1, -0.05) is 31.2 Å². The van der Waals surface area contributed by atoms with Crippen molar-refractivity contribution in [1.82, 2.24) is 10.2 Å². The Hall–Kier alpha value is -3.33. The molecule has 0 bridgehead atoms. The van der Waals surface area contributed by atoms with Crippen molar-refractivity contribution < 1.29 is 19.1 Å². The van der Waals surface area contributed by atoms with Crippen LogP contribution in [0, 0.1) is 0 Å². The summed E-state index contributed by atoms with van der Waals surface area (Å²) in [7, 11) is 0. The number of rotatable bonds is 7. The second kappa shape index (κ2) is 11.0. The normalized spacial score (nSPS) is 15.7. The van der Waals surface area contributed by atoms with Gasteiger partial charge in [-0.15, -0.1) is 0 Å². The molecule has 1 heterocycles. The molecule has 9 heteroatoms. The molecule has 0 radical (unpaired) electrons. The molecule has 0 saturated carbocycles. The first-order valence-electron chi connectivity index (χ1n) is 10.7. The minimum Gasteiger partial charge on any atom is -0.463 e. The second-order valence-electron chi connectivity index (χ2n) is 7.44. The third kappa shape index (κ3) is 5.73. The van der Waals surface area contributed by atoms with Gasteiger partial charge >= 0.3 is 18.0 Å². The van der Waals surface area contributed by atoms with Crippen molar-refractivity contribution in [2.45, 2.75) is 33.2 Å². The fourth-order valence-electron chi connectivity index (χ4n) is 3.64. The maximum Gasteiger partial charge on any atom is 0.338 e. The number of ether oxygens (including phenoxy) is 1. The molecule has 174 valence electrons. The quantitative estimate of drug-likeness (QED) is 0.430. The molecule has 0 fully saturated rings. The Balaban J connectivity index is 1.87. The number of allylic oxidation sites excluding steroid dienone is 1. The molecule has 2 aromatic carbocycles. The first-order valence-corrected chi connectivity index (χ1v) is 11.5. The van der Waals surface area contributed by atoms with Crippen LogP contribution in [0.2, 0.25) is 0 Å². The van der Waals surface area contributed by atoms with Gasteiger partial charge < -0.3 is 20.7 Å². The van der Waals surface area contributed by atoms with Crippen molar-refractivity contribution in [2.24, 2.45) is 0 Å². The molecule has 1 unspecified atom stereocenters. The molecule has 0 aromatic heterocycles. The zero-order chi connectivity index (χ0) is 24.0. The predicted octanol–water partition coefficient (Wildman–Crippen LogP) is 5.41. The average molecular weight is 515 g/mol. The van der Waals surface area contributed by atoms with E-state index in [4.69, 9.17) is 4.74 Å². The molecule has 3 rings (SSSR count). The van der Waals surface area contributed by atoms with Gasteiger partial charge in [0.05, 0.1) is 23.9 Å². The summed E-state index contributed by atoms with van der Waals surface area (Å²) in [5, 5.41) is 8.48. The van der Waals surface area contributed by atoms with Gasteiger partial charge in [0.2, 0.25) is 0 Å². The lowest BCUT2D eigenvalue weighted by molar-refractivity contribution is -0.139. The predicted molar refractivity (Wildman–Crippen MR) is 131 cm³/mol. The van der Waals surface area contributed by atoms with Crippen molar-refractivity contribution >= 4 is 45.3 Å². The minimum atomic E-state index is -0.697. The molecular weight excluding hydrogens is 488 g/mol. The number of para-hydroxylation sites is 1. The highest BCUT2D eigenvalue weighted by atomic mass is 79.9. The van der Waals surface area contributed by atoms with Gasteiger partial charge in [0, 0.05) is 22.4 Å². The van der Waals surface area contributed by atoms with Crippen LogP contribution in [0.15, 0.2) is 64.3 Å². The van der Waals surface area contributed by atoms with E-state index in [1.807, 2.05) is 25.1 Å². The Bertz CT molecular complexity index is 1090. The van der Waals surface area contributed by atoms with E-state index >= 15 is 0 Å². The zero-order valence-electron chi connectivity index (χ0n) is 18.8. The number of hydrogen-bond acceptors (Lipinski definition) is 4. The van der Waals surface area contributed by atoms with Crippen LogP contribution in [-0.4, -0.2) is 36.1 Å². The molecule has 8 nitrogen and oxygen atoms in total. The van der Waals surface area contributed by atoms with E-state index in [0.29, 0.717) is 34.8 Å². The number of nitrogens with zero attached hydrogens (tertiary/aromatic N) is 1. The smallest absolute Gasteiger partial charge is 0.338 e. The molecule has 0 aliphatic carbocycles. The lowest BCUT2D eigenvalue weighted by Crippen LogP contribution is -2.48. The van der Waals surface area contributed by atoms with E-state index in [9.17, 15) is 14.4 Å². The van der Waals surface area contributed by atoms with Gasteiger partial charge in [-0.3, -0.25) is 4.90 Å². The fourth-order valence-corrected chi connectivity index (χ4v) is 4.02. The van der Waals surface area contributed by atoms with Crippen LogP contribution in [0.5, 0.6) is 0 Å². The Labute approximate surface area is 201 Å². The summed E-state index contributed by atoms with van der Waals surface area (Å²) in [6.45, 7) is 6.17. The molecule has 1 aliphatic rings. The first-order chi connectivity index (χ1) is 15.8. The van der Waals surface area contributed by atoms with E-state index in [-0.39, 0.29) is 12.6 Å². The van der Waals surface area contributed by atoms with Gasteiger partial charge in [0.1, 0.15) is 0 Å². The van der Waals surface area contributed by atoms with E-state index < -0.39 is 18.0 Å². The standard InChI is InChI=1S/C24H27BrN4O4/c1-4-13-29-15(3)20(22(30)33-5-2)21(28-24(29)32)16-9-8-10-17(14-16)26-23(31)27-19-12-7-6-11-18(19)25/h6-12,14,21H,4-5,13H2,1-3H3,(H,28,32)(H2,26,27,31). The van der Waals surface area contributed by atoms with Crippen LogP contribution in [0.1, 0.15) is 38.8 Å². The van der Waals surface area contributed by atoms with Gasteiger partial charge in [0.25, 0.3) is 0 Å². The van der Waals surface area contributed by atoms with Gasteiger partial charge in [-0.25, -0.2) is 14.4 Å².